The zero-order valence-electron chi connectivity index (χ0n) is 9.82. The van der Waals surface area contributed by atoms with Crippen molar-refractivity contribution in [2.24, 2.45) is 0 Å². The standard InChI is InChI=1S/C12H17NO3/c1-9(13-12(14)8-15-2)10-6-4-5-7-11(10)16-3/h4-7,9H,8H2,1-3H3,(H,13,14)/t9-/m1/s1. The Bertz CT molecular complexity index is 352. The van der Waals surface area contributed by atoms with Crippen molar-refractivity contribution < 1.29 is 14.3 Å². The van der Waals surface area contributed by atoms with Crippen molar-refractivity contribution >= 4 is 5.91 Å². The van der Waals surface area contributed by atoms with E-state index in [4.69, 9.17) is 9.47 Å². The fourth-order valence-electron chi connectivity index (χ4n) is 1.52. The minimum absolute atomic E-state index is 0.0689. The van der Waals surface area contributed by atoms with Gasteiger partial charge in [0.1, 0.15) is 12.4 Å². The molecule has 1 rings (SSSR count). The van der Waals surface area contributed by atoms with E-state index in [-0.39, 0.29) is 18.6 Å². The van der Waals surface area contributed by atoms with E-state index >= 15 is 0 Å². The molecule has 1 amide bonds. The number of hydrogen-bond acceptors (Lipinski definition) is 3. The Hall–Kier alpha value is -1.55. The summed E-state index contributed by atoms with van der Waals surface area (Å²) >= 11 is 0. The molecule has 1 atom stereocenters. The highest BCUT2D eigenvalue weighted by molar-refractivity contribution is 5.77. The van der Waals surface area contributed by atoms with Gasteiger partial charge in [0, 0.05) is 12.7 Å². The summed E-state index contributed by atoms with van der Waals surface area (Å²) in [6, 6.07) is 7.51. The Balaban J connectivity index is 2.72. The van der Waals surface area contributed by atoms with Gasteiger partial charge in [0.25, 0.3) is 0 Å². The summed E-state index contributed by atoms with van der Waals surface area (Å²) in [7, 11) is 3.11. The number of para-hydroxylation sites is 1. The lowest BCUT2D eigenvalue weighted by Crippen LogP contribution is -2.29. The largest absolute Gasteiger partial charge is 0.496 e. The quantitative estimate of drug-likeness (QED) is 0.823. The first-order valence-corrected chi connectivity index (χ1v) is 5.10. The van der Waals surface area contributed by atoms with Gasteiger partial charge in [-0.25, -0.2) is 0 Å². The number of carbonyl (C=O) groups is 1. The predicted octanol–water partition coefficient (Wildman–Crippen LogP) is 1.52. The van der Waals surface area contributed by atoms with Crippen molar-refractivity contribution in [1.82, 2.24) is 5.32 Å². The summed E-state index contributed by atoms with van der Waals surface area (Å²) in [5.41, 5.74) is 0.953. The Kier molecular flexibility index (Phi) is 4.79. The fraction of sp³-hybridized carbons (Fsp3) is 0.417. The first-order chi connectivity index (χ1) is 7.69. The van der Waals surface area contributed by atoms with Crippen LogP contribution in [0.15, 0.2) is 24.3 Å². The van der Waals surface area contributed by atoms with Gasteiger partial charge in [-0.1, -0.05) is 18.2 Å². The minimum Gasteiger partial charge on any atom is -0.496 e. The summed E-state index contributed by atoms with van der Waals surface area (Å²) in [6.45, 7) is 1.98. The van der Waals surface area contributed by atoms with Gasteiger partial charge in [-0.2, -0.15) is 0 Å². The molecule has 88 valence electrons. The van der Waals surface area contributed by atoms with Gasteiger partial charge in [-0.15, -0.1) is 0 Å². The van der Waals surface area contributed by atoms with Crippen molar-refractivity contribution in [3.63, 3.8) is 0 Å². The minimum atomic E-state index is -0.138. The summed E-state index contributed by atoms with van der Waals surface area (Å²) in [4.78, 5) is 11.3. The molecule has 0 unspecified atom stereocenters. The van der Waals surface area contributed by atoms with Gasteiger partial charge in [-0.3, -0.25) is 4.79 Å². The molecule has 0 bridgehead atoms. The Morgan fingerprint density at radius 2 is 2.06 bits per heavy atom. The van der Waals surface area contributed by atoms with Gasteiger partial charge < -0.3 is 14.8 Å². The van der Waals surface area contributed by atoms with Crippen LogP contribution in [0.2, 0.25) is 0 Å². The molecule has 0 spiro atoms. The Labute approximate surface area is 95.6 Å². The number of ether oxygens (including phenoxy) is 2. The normalized spacial score (nSPS) is 11.9. The molecule has 16 heavy (non-hydrogen) atoms. The SMILES string of the molecule is COCC(=O)N[C@H](C)c1ccccc1OC. The van der Waals surface area contributed by atoms with Crippen molar-refractivity contribution in [2.75, 3.05) is 20.8 Å². The van der Waals surface area contributed by atoms with Crippen LogP contribution in [0, 0.1) is 0 Å². The average Bonchev–Trinajstić information content (AvgIpc) is 2.29. The molecule has 0 fully saturated rings. The fourth-order valence-corrected chi connectivity index (χ4v) is 1.52. The molecule has 0 aromatic heterocycles. The molecular weight excluding hydrogens is 206 g/mol. The molecule has 1 aromatic rings. The van der Waals surface area contributed by atoms with Crippen LogP contribution in [0.25, 0.3) is 0 Å². The molecule has 1 aromatic carbocycles. The van der Waals surface area contributed by atoms with Gasteiger partial charge in [0.2, 0.25) is 5.91 Å². The second-order valence-electron chi connectivity index (χ2n) is 3.46. The molecule has 0 heterocycles. The van der Waals surface area contributed by atoms with Crippen molar-refractivity contribution in [3.05, 3.63) is 29.8 Å². The third kappa shape index (κ3) is 3.24. The number of methoxy groups -OCH3 is 2. The molecule has 4 heteroatoms. The molecule has 1 N–H and O–H groups in total. The van der Waals surface area contributed by atoms with Gasteiger partial charge in [-0.05, 0) is 13.0 Å². The van der Waals surface area contributed by atoms with E-state index in [0.29, 0.717) is 0 Å². The van der Waals surface area contributed by atoms with Crippen LogP contribution in [-0.2, 0) is 9.53 Å². The van der Waals surface area contributed by atoms with Crippen LogP contribution in [-0.4, -0.2) is 26.7 Å². The van der Waals surface area contributed by atoms with E-state index in [0.717, 1.165) is 11.3 Å². The van der Waals surface area contributed by atoms with E-state index in [9.17, 15) is 4.79 Å². The second kappa shape index (κ2) is 6.12. The summed E-state index contributed by atoms with van der Waals surface area (Å²) in [5, 5.41) is 2.83. The molecular formula is C12H17NO3. The number of carbonyl (C=O) groups excluding carboxylic acids is 1. The number of hydrogen-bond donors (Lipinski definition) is 1. The second-order valence-corrected chi connectivity index (χ2v) is 3.46. The Morgan fingerprint density at radius 1 is 1.38 bits per heavy atom. The number of amides is 1. The van der Waals surface area contributed by atoms with Crippen LogP contribution in [0.4, 0.5) is 0 Å². The van der Waals surface area contributed by atoms with Gasteiger partial charge >= 0.3 is 0 Å². The number of nitrogens with one attached hydrogen (secondary N) is 1. The molecule has 0 aliphatic carbocycles. The van der Waals surface area contributed by atoms with Crippen molar-refractivity contribution in [3.8, 4) is 5.75 Å². The van der Waals surface area contributed by atoms with E-state index in [1.54, 1.807) is 7.11 Å². The van der Waals surface area contributed by atoms with Crippen LogP contribution < -0.4 is 10.1 Å². The summed E-state index contributed by atoms with van der Waals surface area (Å²) in [5.74, 6) is 0.633. The van der Waals surface area contributed by atoms with Crippen molar-refractivity contribution in [2.45, 2.75) is 13.0 Å². The lowest BCUT2D eigenvalue weighted by molar-refractivity contribution is -0.125. The summed E-state index contributed by atoms with van der Waals surface area (Å²) in [6.07, 6.45) is 0. The van der Waals surface area contributed by atoms with E-state index in [2.05, 4.69) is 5.32 Å². The van der Waals surface area contributed by atoms with E-state index < -0.39 is 0 Å². The number of rotatable bonds is 5. The van der Waals surface area contributed by atoms with Crippen LogP contribution >= 0.6 is 0 Å². The van der Waals surface area contributed by atoms with Crippen LogP contribution in [0.1, 0.15) is 18.5 Å². The lowest BCUT2D eigenvalue weighted by atomic mass is 10.1. The first-order valence-electron chi connectivity index (χ1n) is 5.10. The highest BCUT2D eigenvalue weighted by Gasteiger charge is 2.12. The third-order valence-electron chi connectivity index (χ3n) is 2.26. The number of benzene rings is 1. The topological polar surface area (TPSA) is 47.6 Å². The Morgan fingerprint density at radius 3 is 2.69 bits per heavy atom. The lowest BCUT2D eigenvalue weighted by Gasteiger charge is -2.16. The van der Waals surface area contributed by atoms with Crippen LogP contribution in [0.5, 0.6) is 5.75 Å². The van der Waals surface area contributed by atoms with E-state index in [1.165, 1.54) is 7.11 Å². The predicted molar refractivity (Wildman–Crippen MR) is 61.4 cm³/mol. The van der Waals surface area contributed by atoms with E-state index in [1.807, 2.05) is 31.2 Å². The van der Waals surface area contributed by atoms with Crippen LogP contribution in [0.3, 0.4) is 0 Å². The highest BCUT2D eigenvalue weighted by atomic mass is 16.5. The molecule has 0 saturated heterocycles. The highest BCUT2D eigenvalue weighted by Crippen LogP contribution is 2.23. The third-order valence-corrected chi connectivity index (χ3v) is 2.26. The smallest absolute Gasteiger partial charge is 0.246 e. The zero-order valence-corrected chi connectivity index (χ0v) is 9.82. The molecule has 4 nitrogen and oxygen atoms in total. The maximum atomic E-state index is 11.3. The average molecular weight is 223 g/mol. The maximum absolute atomic E-state index is 11.3. The molecule has 0 aliphatic heterocycles. The molecule has 0 aliphatic rings. The van der Waals surface area contributed by atoms with Gasteiger partial charge in [0.05, 0.1) is 13.2 Å². The maximum Gasteiger partial charge on any atom is 0.246 e. The molecule has 0 saturated carbocycles. The zero-order chi connectivity index (χ0) is 12.0. The summed E-state index contributed by atoms with van der Waals surface area (Å²) < 4.78 is 9.98. The first kappa shape index (κ1) is 12.5. The van der Waals surface area contributed by atoms with Crippen molar-refractivity contribution in [1.29, 1.82) is 0 Å². The monoisotopic (exact) mass is 223 g/mol. The molecule has 0 radical (unpaired) electrons. The van der Waals surface area contributed by atoms with Gasteiger partial charge in [0.15, 0.2) is 0 Å².